The molecule has 234 valence electrons. The Labute approximate surface area is 228 Å². The number of aromatic nitrogens is 1. The predicted molar refractivity (Wildman–Crippen MR) is 107 cm³/mol. The van der Waals surface area contributed by atoms with Gasteiger partial charge < -0.3 is 0 Å². The normalized spacial score (nSPS) is 12.0. The summed E-state index contributed by atoms with van der Waals surface area (Å²) in [6, 6.07) is 0. The molecule has 4 aromatic rings. The standard InChI is InChI=1S/C23BF19N/c25-5-1(6(26)14(34)19(39)13(5)33)24(4-11(31)22(42)44-23(43)12(4)32,2-7(27)15(35)20(40)16(36)8(2)28)3-9(29)17(37)21(41)18(38)10(3)30/q-1. The highest BCUT2D eigenvalue weighted by Crippen LogP contribution is 2.29. The first-order valence-corrected chi connectivity index (χ1v) is 10.7. The Morgan fingerprint density at radius 3 is 0.591 bits per heavy atom. The molecule has 0 amide bonds. The monoisotopic (exact) mass is 662 g/mol. The Bertz CT molecular complexity index is 1640. The summed E-state index contributed by atoms with van der Waals surface area (Å²) < 4.78 is 279. The van der Waals surface area contributed by atoms with Gasteiger partial charge in [-0.1, -0.05) is 0 Å². The molecule has 1 aromatic heterocycles. The first kappa shape index (κ1) is 32.5. The molecule has 1 nitrogen and oxygen atoms in total. The van der Waals surface area contributed by atoms with Gasteiger partial charge in [-0.3, -0.25) is 0 Å². The van der Waals surface area contributed by atoms with Crippen molar-refractivity contribution in [2.24, 2.45) is 0 Å². The minimum absolute atomic E-state index is 1.85. The van der Waals surface area contributed by atoms with Crippen molar-refractivity contribution in [3.05, 3.63) is 111 Å². The summed E-state index contributed by atoms with van der Waals surface area (Å²) in [6.07, 6.45) is -7.08. The zero-order chi connectivity index (χ0) is 33.5. The molecule has 0 saturated heterocycles. The Morgan fingerprint density at radius 2 is 0.386 bits per heavy atom. The van der Waals surface area contributed by atoms with Crippen LogP contribution < -0.4 is 21.9 Å². The number of pyridine rings is 1. The van der Waals surface area contributed by atoms with Gasteiger partial charge in [0.1, 0.15) is 52.7 Å². The Kier molecular flexibility index (Phi) is 7.83. The van der Waals surface area contributed by atoms with E-state index in [0.717, 1.165) is 0 Å². The third-order valence-electron chi connectivity index (χ3n) is 6.49. The number of halogens is 19. The van der Waals surface area contributed by atoms with Crippen LogP contribution in [0.5, 0.6) is 0 Å². The van der Waals surface area contributed by atoms with E-state index in [2.05, 4.69) is 0 Å². The third kappa shape index (κ3) is 4.03. The molecule has 0 aliphatic heterocycles. The minimum Gasteiger partial charge on any atom is -0.207 e. The number of benzene rings is 3. The molecule has 44 heavy (non-hydrogen) atoms. The van der Waals surface area contributed by atoms with Crippen LogP contribution >= 0.6 is 0 Å². The lowest BCUT2D eigenvalue weighted by atomic mass is 9.12. The van der Waals surface area contributed by atoms with E-state index in [4.69, 9.17) is 0 Å². The van der Waals surface area contributed by atoms with Gasteiger partial charge in [-0.05, 0) is 0 Å². The molecule has 0 aliphatic rings. The Balaban J connectivity index is 2.68. The van der Waals surface area contributed by atoms with E-state index >= 15 is 35.1 Å². The van der Waals surface area contributed by atoms with Crippen LogP contribution in [-0.2, 0) is 0 Å². The van der Waals surface area contributed by atoms with E-state index in [1.165, 1.54) is 0 Å². The first-order chi connectivity index (χ1) is 20.3. The molecule has 0 unspecified atom stereocenters. The number of rotatable bonds is 4. The predicted octanol–water partition coefficient (Wildman–Crippen LogP) is 5.10. The molecular weight excluding hydrogens is 662 g/mol. The second kappa shape index (κ2) is 10.6. The van der Waals surface area contributed by atoms with Gasteiger partial charge in [0.25, 0.3) is 0 Å². The molecule has 0 fully saturated rings. The summed E-state index contributed by atoms with van der Waals surface area (Å²) in [6.45, 7) is 0. The molecule has 0 N–H and O–H groups in total. The number of nitrogens with zero attached hydrogens (tertiary/aromatic N) is 1. The van der Waals surface area contributed by atoms with Gasteiger partial charge in [0.2, 0.25) is 11.9 Å². The van der Waals surface area contributed by atoms with Gasteiger partial charge in [-0.15, -0.1) is 21.9 Å². The molecule has 0 atom stereocenters. The number of hydrogen-bond donors (Lipinski definition) is 0. The highest BCUT2D eigenvalue weighted by molar-refractivity contribution is 7.20. The zero-order valence-electron chi connectivity index (χ0n) is 19.7. The van der Waals surface area contributed by atoms with Crippen LogP contribution in [0.1, 0.15) is 0 Å². The van der Waals surface area contributed by atoms with E-state index in [0.29, 0.717) is 0 Å². The van der Waals surface area contributed by atoms with E-state index in [-0.39, 0.29) is 0 Å². The summed E-state index contributed by atoms with van der Waals surface area (Å²) in [5.41, 5.74) is -13.9. The van der Waals surface area contributed by atoms with E-state index < -0.39 is 139 Å². The first-order valence-electron chi connectivity index (χ1n) is 10.7. The molecular formula is C23BF19N-. The fourth-order valence-electron chi connectivity index (χ4n) is 4.76. The third-order valence-corrected chi connectivity index (χ3v) is 6.49. The van der Waals surface area contributed by atoms with Crippen molar-refractivity contribution in [1.29, 1.82) is 0 Å². The van der Waals surface area contributed by atoms with Crippen LogP contribution in [0.2, 0.25) is 0 Å². The van der Waals surface area contributed by atoms with Gasteiger partial charge in [0, 0.05) is 0 Å². The van der Waals surface area contributed by atoms with Gasteiger partial charge in [0.05, 0.1) is 0 Å². The fraction of sp³-hybridized carbons (Fsp3) is 0. The maximum atomic E-state index is 15.3. The summed E-state index contributed by atoms with van der Waals surface area (Å²) in [5, 5.41) is 0. The molecule has 0 radical (unpaired) electrons. The van der Waals surface area contributed by atoms with Crippen molar-refractivity contribution >= 4 is 28.0 Å². The molecule has 0 spiro atoms. The average molecular weight is 662 g/mol. The van der Waals surface area contributed by atoms with Crippen molar-refractivity contribution in [2.75, 3.05) is 0 Å². The summed E-state index contributed by atoms with van der Waals surface area (Å²) >= 11 is 0. The second-order valence-corrected chi connectivity index (χ2v) is 8.55. The maximum Gasteiger partial charge on any atom is 0.248 e. The quantitative estimate of drug-likeness (QED) is 0.0976. The van der Waals surface area contributed by atoms with Gasteiger partial charge in [-0.25, -0.2) is 74.6 Å². The van der Waals surface area contributed by atoms with E-state index in [1.54, 1.807) is 0 Å². The maximum absolute atomic E-state index is 15.3. The lowest BCUT2D eigenvalue weighted by Gasteiger charge is -2.44. The highest BCUT2D eigenvalue weighted by Gasteiger charge is 2.52. The number of hydrogen-bond acceptors (Lipinski definition) is 1. The molecule has 0 aliphatic carbocycles. The zero-order valence-corrected chi connectivity index (χ0v) is 19.7. The van der Waals surface area contributed by atoms with Crippen LogP contribution in [0, 0.1) is 111 Å². The Morgan fingerprint density at radius 1 is 0.227 bits per heavy atom. The molecule has 0 bridgehead atoms. The van der Waals surface area contributed by atoms with Crippen LogP contribution in [0.15, 0.2) is 0 Å². The smallest absolute Gasteiger partial charge is 0.207 e. The summed E-state index contributed by atoms with van der Waals surface area (Å²) in [4.78, 5) is 1.85. The lowest BCUT2D eigenvalue weighted by Crippen LogP contribution is -2.81. The SMILES string of the molecule is Fc1nc(F)c(F)c([B-](c2c(F)c(F)c(F)c(F)c2F)(c2c(F)c(F)c(F)c(F)c2F)c2c(F)c(F)c(F)c(F)c2F)c1F. The minimum atomic E-state index is -7.08. The van der Waals surface area contributed by atoms with Gasteiger partial charge >= 0.3 is 0 Å². The van der Waals surface area contributed by atoms with Crippen molar-refractivity contribution < 1.29 is 83.4 Å². The van der Waals surface area contributed by atoms with Gasteiger partial charge in [-0.2, -0.15) is 13.8 Å². The van der Waals surface area contributed by atoms with Crippen molar-refractivity contribution in [1.82, 2.24) is 4.98 Å². The van der Waals surface area contributed by atoms with Crippen molar-refractivity contribution in [3.63, 3.8) is 0 Å². The summed E-state index contributed by atoms with van der Waals surface area (Å²) in [5.74, 6) is -65.9. The molecule has 21 heteroatoms. The molecule has 1 heterocycles. The average Bonchev–Trinajstić information content (AvgIpc) is 2.98. The van der Waals surface area contributed by atoms with Crippen LogP contribution in [-0.4, -0.2) is 11.1 Å². The fourth-order valence-corrected chi connectivity index (χ4v) is 4.76. The lowest BCUT2D eigenvalue weighted by molar-refractivity contribution is 0.379. The second-order valence-electron chi connectivity index (χ2n) is 8.55. The van der Waals surface area contributed by atoms with Crippen LogP contribution in [0.4, 0.5) is 83.4 Å². The largest absolute Gasteiger partial charge is 0.248 e. The van der Waals surface area contributed by atoms with Crippen molar-refractivity contribution in [3.8, 4) is 0 Å². The van der Waals surface area contributed by atoms with E-state index in [9.17, 15) is 48.3 Å². The van der Waals surface area contributed by atoms with Gasteiger partial charge in [0.15, 0.2) is 52.4 Å². The molecule has 3 aromatic carbocycles. The van der Waals surface area contributed by atoms with E-state index in [1.807, 2.05) is 4.98 Å². The Hall–Kier alpha value is -4.46. The van der Waals surface area contributed by atoms with Crippen LogP contribution in [0.3, 0.4) is 0 Å². The topological polar surface area (TPSA) is 12.9 Å². The summed E-state index contributed by atoms with van der Waals surface area (Å²) in [7, 11) is 0. The highest BCUT2D eigenvalue weighted by atomic mass is 19.2. The van der Waals surface area contributed by atoms with Crippen molar-refractivity contribution in [2.45, 2.75) is 0 Å². The van der Waals surface area contributed by atoms with Crippen LogP contribution in [0.25, 0.3) is 0 Å². The molecule has 4 rings (SSSR count). The molecule has 0 saturated carbocycles.